The number of carbonyl (C=O) groups is 2. The number of anilines is 2. The minimum absolute atomic E-state index is 0.0317. The Morgan fingerprint density at radius 3 is 2.19 bits per heavy atom. The fraction of sp³-hybridized carbons (Fsp3) is 0.440. The topological polar surface area (TPSA) is 43.9 Å². The third-order valence-corrected chi connectivity index (χ3v) is 6.68. The summed E-state index contributed by atoms with van der Waals surface area (Å²) in [7, 11) is 0. The first-order valence-corrected chi connectivity index (χ1v) is 11.7. The highest BCUT2D eigenvalue weighted by atomic mass is 35.5. The van der Waals surface area contributed by atoms with E-state index in [4.69, 9.17) is 11.6 Å². The van der Waals surface area contributed by atoms with E-state index in [0.29, 0.717) is 6.54 Å². The van der Waals surface area contributed by atoms with Crippen molar-refractivity contribution in [3.8, 4) is 0 Å². The summed E-state index contributed by atoms with van der Waals surface area (Å²) in [6.07, 6.45) is 3.53. The first-order valence-electron chi connectivity index (χ1n) is 11.2. The molecule has 2 aliphatic rings. The second kappa shape index (κ2) is 10.2. The van der Waals surface area contributed by atoms with E-state index in [1.54, 1.807) is 4.90 Å². The van der Waals surface area contributed by atoms with E-state index in [1.165, 1.54) is 5.69 Å². The van der Waals surface area contributed by atoms with Crippen LogP contribution >= 0.6 is 11.6 Å². The molecule has 0 N–H and O–H groups in total. The predicted molar refractivity (Wildman–Crippen MR) is 126 cm³/mol. The highest BCUT2D eigenvalue weighted by Crippen LogP contribution is 2.28. The number of amides is 2. The number of para-hydroxylation sites is 2. The minimum Gasteiger partial charge on any atom is -0.371 e. The van der Waals surface area contributed by atoms with Crippen molar-refractivity contribution >= 4 is 34.8 Å². The molecule has 2 fully saturated rings. The molecule has 2 amide bonds. The molecular formula is C25H30ClN3O2. The summed E-state index contributed by atoms with van der Waals surface area (Å²) in [5.41, 5.74) is 2.08. The Labute approximate surface area is 189 Å². The molecule has 0 bridgehead atoms. The van der Waals surface area contributed by atoms with Gasteiger partial charge in [-0.1, -0.05) is 36.4 Å². The Kier molecular flexibility index (Phi) is 7.13. The van der Waals surface area contributed by atoms with Crippen molar-refractivity contribution < 1.29 is 9.59 Å². The van der Waals surface area contributed by atoms with Crippen LogP contribution in [0.5, 0.6) is 0 Å². The number of benzene rings is 2. The zero-order valence-electron chi connectivity index (χ0n) is 17.8. The summed E-state index contributed by atoms with van der Waals surface area (Å²) in [5, 5.41) is 0. The number of nitrogens with zero attached hydrogens (tertiary/aromatic N) is 3. The van der Waals surface area contributed by atoms with Gasteiger partial charge in [0, 0.05) is 43.5 Å². The van der Waals surface area contributed by atoms with E-state index in [1.807, 2.05) is 41.3 Å². The number of hydrogen-bond acceptors (Lipinski definition) is 3. The molecule has 2 aromatic carbocycles. The molecule has 4 rings (SSSR count). The molecule has 2 heterocycles. The fourth-order valence-electron chi connectivity index (χ4n) is 4.86. The first kappa shape index (κ1) is 21.7. The Hall–Kier alpha value is -2.53. The van der Waals surface area contributed by atoms with Gasteiger partial charge in [-0.25, -0.2) is 0 Å². The van der Waals surface area contributed by atoms with Gasteiger partial charge in [0.05, 0.1) is 6.04 Å². The van der Waals surface area contributed by atoms with Gasteiger partial charge in [0.15, 0.2) is 0 Å². The third-order valence-electron chi connectivity index (χ3n) is 6.46. The number of alkyl halides is 1. The van der Waals surface area contributed by atoms with Crippen molar-refractivity contribution in [3.63, 3.8) is 0 Å². The molecule has 31 heavy (non-hydrogen) atoms. The van der Waals surface area contributed by atoms with Crippen molar-refractivity contribution in [3.05, 3.63) is 60.7 Å². The number of likely N-dealkylation sites (tertiary alicyclic amines) is 1. The molecule has 0 spiro atoms. The molecule has 1 atom stereocenters. The Morgan fingerprint density at radius 1 is 0.903 bits per heavy atom. The van der Waals surface area contributed by atoms with Gasteiger partial charge in [-0.05, 0) is 49.9 Å². The second-order valence-electron chi connectivity index (χ2n) is 8.41. The average Bonchev–Trinajstić information content (AvgIpc) is 2.85. The van der Waals surface area contributed by atoms with Crippen molar-refractivity contribution in [2.75, 3.05) is 41.9 Å². The van der Waals surface area contributed by atoms with Gasteiger partial charge in [0.1, 0.15) is 5.88 Å². The van der Waals surface area contributed by atoms with Crippen molar-refractivity contribution in [1.29, 1.82) is 0 Å². The number of halogens is 1. The van der Waals surface area contributed by atoms with Crippen LogP contribution in [0.4, 0.5) is 11.4 Å². The molecule has 2 aliphatic heterocycles. The van der Waals surface area contributed by atoms with Crippen LogP contribution in [0.2, 0.25) is 0 Å². The van der Waals surface area contributed by atoms with Gasteiger partial charge >= 0.3 is 0 Å². The lowest BCUT2D eigenvalue weighted by molar-refractivity contribution is -0.137. The SMILES string of the molecule is O=C(C1CCN(c2ccccc2)CC1)N1CCCC(N(C(=O)CCl)c2ccccc2)C1. The molecule has 0 aliphatic carbocycles. The Balaban J connectivity index is 1.40. The van der Waals surface area contributed by atoms with Crippen LogP contribution in [0.25, 0.3) is 0 Å². The van der Waals surface area contributed by atoms with Crippen LogP contribution in [-0.4, -0.2) is 54.8 Å². The molecule has 5 nitrogen and oxygen atoms in total. The monoisotopic (exact) mass is 439 g/mol. The summed E-state index contributed by atoms with van der Waals surface area (Å²) in [5.74, 6) is 0.136. The Morgan fingerprint density at radius 2 is 1.55 bits per heavy atom. The van der Waals surface area contributed by atoms with Gasteiger partial charge in [-0.2, -0.15) is 0 Å². The molecule has 2 aromatic rings. The van der Waals surface area contributed by atoms with Crippen LogP contribution in [0, 0.1) is 5.92 Å². The zero-order chi connectivity index (χ0) is 21.6. The van der Waals surface area contributed by atoms with Crippen molar-refractivity contribution in [2.45, 2.75) is 31.7 Å². The molecule has 0 radical (unpaired) electrons. The lowest BCUT2D eigenvalue weighted by Crippen LogP contribution is -2.54. The van der Waals surface area contributed by atoms with Gasteiger partial charge in [-0.15, -0.1) is 11.6 Å². The molecule has 0 aromatic heterocycles. The van der Waals surface area contributed by atoms with Gasteiger partial charge in [0.25, 0.3) is 0 Å². The van der Waals surface area contributed by atoms with Crippen LogP contribution in [0.3, 0.4) is 0 Å². The van der Waals surface area contributed by atoms with Crippen molar-refractivity contribution in [2.24, 2.45) is 5.92 Å². The number of hydrogen-bond donors (Lipinski definition) is 0. The zero-order valence-corrected chi connectivity index (χ0v) is 18.6. The number of piperidine rings is 2. The molecule has 0 saturated carbocycles. The van der Waals surface area contributed by atoms with E-state index in [9.17, 15) is 9.59 Å². The third kappa shape index (κ3) is 5.04. The van der Waals surface area contributed by atoms with Gasteiger partial charge in [-0.3, -0.25) is 9.59 Å². The van der Waals surface area contributed by atoms with Gasteiger partial charge in [0.2, 0.25) is 11.8 Å². The van der Waals surface area contributed by atoms with Crippen molar-refractivity contribution in [1.82, 2.24) is 4.90 Å². The minimum atomic E-state index is -0.108. The van der Waals surface area contributed by atoms with E-state index in [0.717, 1.165) is 51.0 Å². The Bertz CT molecular complexity index is 869. The van der Waals surface area contributed by atoms with E-state index < -0.39 is 0 Å². The highest BCUT2D eigenvalue weighted by Gasteiger charge is 2.34. The summed E-state index contributed by atoms with van der Waals surface area (Å²) in [4.78, 5) is 32.1. The molecule has 1 unspecified atom stereocenters. The van der Waals surface area contributed by atoms with Crippen LogP contribution in [0.15, 0.2) is 60.7 Å². The first-order chi connectivity index (χ1) is 15.2. The molecular weight excluding hydrogens is 410 g/mol. The normalized spacial score (nSPS) is 19.8. The lowest BCUT2D eigenvalue weighted by Gasteiger charge is -2.41. The van der Waals surface area contributed by atoms with Crippen LogP contribution < -0.4 is 9.80 Å². The molecule has 164 valence electrons. The summed E-state index contributed by atoms with van der Waals surface area (Å²) in [6.45, 7) is 3.15. The van der Waals surface area contributed by atoms with E-state index >= 15 is 0 Å². The maximum absolute atomic E-state index is 13.3. The quantitative estimate of drug-likeness (QED) is 0.657. The molecule has 2 saturated heterocycles. The molecule has 6 heteroatoms. The van der Waals surface area contributed by atoms with E-state index in [2.05, 4.69) is 29.2 Å². The van der Waals surface area contributed by atoms with Gasteiger partial charge < -0.3 is 14.7 Å². The standard InChI is InChI=1S/C25H30ClN3O2/c26-18-24(30)29(22-10-5-2-6-11-22)23-12-7-15-28(19-23)25(31)20-13-16-27(17-14-20)21-8-3-1-4-9-21/h1-6,8-11,20,23H,7,12-19H2. The number of rotatable bonds is 5. The van der Waals surface area contributed by atoms with Crippen LogP contribution in [-0.2, 0) is 9.59 Å². The average molecular weight is 440 g/mol. The second-order valence-corrected chi connectivity index (χ2v) is 8.68. The summed E-state index contributed by atoms with van der Waals surface area (Å²) < 4.78 is 0. The summed E-state index contributed by atoms with van der Waals surface area (Å²) >= 11 is 5.92. The lowest BCUT2D eigenvalue weighted by atomic mass is 9.93. The van der Waals surface area contributed by atoms with E-state index in [-0.39, 0.29) is 29.7 Å². The maximum atomic E-state index is 13.3. The highest BCUT2D eigenvalue weighted by molar-refractivity contribution is 6.29. The van der Waals surface area contributed by atoms with Crippen LogP contribution in [0.1, 0.15) is 25.7 Å². The smallest absolute Gasteiger partial charge is 0.242 e. The fourth-order valence-corrected chi connectivity index (χ4v) is 4.99. The predicted octanol–water partition coefficient (Wildman–Crippen LogP) is 4.17. The summed E-state index contributed by atoms with van der Waals surface area (Å²) in [6, 6.07) is 20.0. The number of carbonyl (C=O) groups excluding carboxylic acids is 2. The largest absolute Gasteiger partial charge is 0.371 e. The maximum Gasteiger partial charge on any atom is 0.242 e.